The molecule has 1 aromatic carbocycles. The molecule has 178 valence electrons. The summed E-state index contributed by atoms with van der Waals surface area (Å²) in [5.74, 6) is 1.19. The zero-order valence-corrected chi connectivity index (χ0v) is 20.4. The van der Waals surface area contributed by atoms with E-state index < -0.39 is 5.60 Å². The molecule has 1 atom stereocenters. The van der Waals surface area contributed by atoms with Crippen molar-refractivity contribution in [1.29, 1.82) is 0 Å². The van der Waals surface area contributed by atoms with Crippen LogP contribution in [0, 0.1) is 17.3 Å². The predicted octanol–water partition coefficient (Wildman–Crippen LogP) is 5.71. The van der Waals surface area contributed by atoms with Gasteiger partial charge < -0.3 is 19.3 Å². The van der Waals surface area contributed by atoms with Crippen molar-refractivity contribution in [2.45, 2.75) is 72.5 Å². The fourth-order valence-electron chi connectivity index (χ4n) is 4.89. The van der Waals surface area contributed by atoms with Crippen LogP contribution in [0.3, 0.4) is 0 Å². The van der Waals surface area contributed by atoms with Gasteiger partial charge in [-0.1, -0.05) is 44.2 Å². The van der Waals surface area contributed by atoms with Gasteiger partial charge in [0, 0.05) is 26.2 Å². The van der Waals surface area contributed by atoms with E-state index in [-0.39, 0.29) is 17.6 Å². The van der Waals surface area contributed by atoms with Gasteiger partial charge in [0.15, 0.2) is 0 Å². The second-order valence-corrected chi connectivity index (χ2v) is 11.1. The van der Waals surface area contributed by atoms with Gasteiger partial charge in [-0.2, -0.15) is 0 Å². The Bertz CT molecular complexity index is 764. The third-order valence-corrected chi connectivity index (χ3v) is 6.80. The van der Waals surface area contributed by atoms with Crippen LogP contribution in [0.4, 0.5) is 9.59 Å². The monoisotopic (exact) mass is 444 g/mol. The van der Waals surface area contributed by atoms with Gasteiger partial charge in [0.1, 0.15) is 12.2 Å². The standard InChI is InChI=1S/C26H40N2O4/c1-25(2,3)32-24(30)28-16-13-22(26(4,5)19-28)17-20-11-14-27(15-12-20)23(29)31-18-21-9-7-6-8-10-21/h6-10,20,22H,11-19H2,1-5H3. The second kappa shape index (κ2) is 10.1. The van der Waals surface area contributed by atoms with Gasteiger partial charge in [0.05, 0.1) is 0 Å². The van der Waals surface area contributed by atoms with Crippen molar-refractivity contribution in [1.82, 2.24) is 9.80 Å². The first-order valence-electron chi connectivity index (χ1n) is 12.0. The molecule has 2 aliphatic rings. The Kier molecular flexibility index (Phi) is 7.73. The van der Waals surface area contributed by atoms with Crippen molar-refractivity contribution in [3.05, 3.63) is 35.9 Å². The molecule has 2 aliphatic heterocycles. The molecule has 6 nitrogen and oxygen atoms in total. The van der Waals surface area contributed by atoms with Crippen molar-refractivity contribution >= 4 is 12.2 Å². The van der Waals surface area contributed by atoms with Crippen molar-refractivity contribution in [2.75, 3.05) is 26.2 Å². The Balaban J connectivity index is 1.42. The maximum Gasteiger partial charge on any atom is 0.410 e. The molecule has 2 amide bonds. The molecule has 2 heterocycles. The highest BCUT2D eigenvalue weighted by Gasteiger charge is 2.40. The third-order valence-electron chi connectivity index (χ3n) is 6.80. The van der Waals surface area contributed by atoms with E-state index in [1.54, 1.807) is 0 Å². The van der Waals surface area contributed by atoms with Crippen LogP contribution in [0.1, 0.15) is 65.9 Å². The lowest BCUT2D eigenvalue weighted by Crippen LogP contribution is -2.50. The SMILES string of the molecule is CC(C)(C)OC(=O)N1CCC(CC2CCN(C(=O)OCc3ccccc3)CC2)C(C)(C)C1. The average Bonchev–Trinajstić information content (AvgIpc) is 2.73. The van der Waals surface area contributed by atoms with E-state index >= 15 is 0 Å². The van der Waals surface area contributed by atoms with Gasteiger partial charge in [-0.05, 0) is 69.3 Å². The van der Waals surface area contributed by atoms with Crippen molar-refractivity contribution in [2.24, 2.45) is 17.3 Å². The number of rotatable bonds is 4. The average molecular weight is 445 g/mol. The summed E-state index contributed by atoms with van der Waals surface area (Å²) in [4.78, 5) is 28.6. The molecule has 1 aromatic rings. The third kappa shape index (κ3) is 6.88. The molecule has 0 saturated carbocycles. The fraction of sp³-hybridized carbons (Fsp3) is 0.692. The van der Waals surface area contributed by atoms with E-state index in [4.69, 9.17) is 9.47 Å². The predicted molar refractivity (Wildman–Crippen MR) is 125 cm³/mol. The number of amides is 2. The zero-order chi connectivity index (χ0) is 23.4. The first-order valence-corrected chi connectivity index (χ1v) is 12.0. The molecule has 6 heteroatoms. The normalized spacial score (nSPS) is 21.8. The van der Waals surface area contributed by atoms with Gasteiger partial charge in [-0.25, -0.2) is 9.59 Å². The minimum Gasteiger partial charge on any atom is -0.445 e. The molecule has 0 N–H and O–H groups in total. The van der Waals surface area contributed by atoms with Crippen LogP contribution >= 0.6 is 0 Å². The van der Waals surface area contributed by atoms with Crippen molar-refractivity contribution in [3.63, 3.8) is 0 Å². The molecule has 2 fully saturated rings. The summed E-state index contributed by atoms with van der Waals surface area (Å²) in [7, 11) is 0. The Hall–Kier alpha value is -2.24. The Morgan fingerprint density at radius 2 is 1.59 bits per heavy atom. The number of likely N-dealkylation sites (tertiary alicyclic amines) is 2. The molecule has 0 bridgehead atoms. The molecule has 1 unspecified atom stereocenters. The number of ether oxygens (including phenoxy) is 2. The number of benzene rings is 1. The van der Waals surface area contributed by atoms with Crippen LogP contribution in [-0.4, -0.2) is 53.8 Å². The maximum atomic E-state index is 12.5. The molecule has 0 aromatic heterocycles. The number of hydrogen-bond acceptors (Lipinski definition) is 4. The summed E-state index contributed by atoms with van der Waals surface area (Å²) in [6, 6.07) is 9.80. The van der Waals surface area contributed by atoms with Crippen LogP contribution in [0.2, 0.25) is 0 Å². The number of hydrogen-bond donors (Lipinski definition) is 0. The molecule has 0 aliphatic carbocycles. The highest BCUT2D eigenvalue weighted by atomic mass is 16.6. The highest BCUT2D eigenvalue weighted by Crippen LogP contribution is 2.41. The number of piperidine rings is 2. The second-order valence-electron chi connectivity index (χ2n) is 11.1. The van der Waals surface area contributed by atoms with Gasteiger partial charge in [0.25, 0.3) is 0 Å². The first-order chi connectivity index (χ1) is 15.0. The van der Waals surface area contributed by atoms with E-state index in [1.165, 1.54) is 0 Å². The maximum absolute atomic E-state index is 12.5. The van der Waals surface area contributed by atoms with Crippen LogP contribution in [0.5, 0.6) is 0 Å². The van der Waals surface area contributed by atoms with E-state index in [1.807, 2.05) is 60.9 Å². The highest BCUT2D eigenvalue weighted by molar-refractivity contribution is 5.68. The summed E-state index contributed by atoms with van der Waals surface area (Å²) in [6.07, 6.45) is 3.78. The number of carbonyl (C=O) groups excluding carboxylic acids is 2. The van der Waals surface area contributed by atoms with Gasteiger partial charge >= 0.3 is 12.2 Å². The van der Waals surface area contributed by atoms with Crippen molar-refractivity contribution < 1.29 is 19.1 Å². The minimum absolute atomic E-state index is 0.0565. The van der Waals surface area contributed by atoms with E-state index in [0.29, 0.717) is 18.4 Å². The topological polar surface area (TPSA) is 59.1 Å². The van der Waals surface area contributed by atoms with Gasteiger partial charge in [0.2, 0.25) is 0 Å². The summed E-state index contributed by atoms with van der Waals surface area (Å²) in [6.45, 7) is 13.6. The van der Waals surface area contributed by atoms with Crippen LogP contribution < -0.4 is 0 Å². The molecule has 0 spiro atoms. The summed E-state index contributed by atoms with van der Waals surface area (Å²) in [5.41, 5.74) is 0.602. The largest absolute Gasteiger partial charge is 0.445 e. The van der Waals surface area contributed by atoms with Gasteiger partial charge in [-0.15, -0.1) is 0 Å². The lowest BCUT2D eigenvalue weighted by molar-refractivity contribution is -0.00966. The van der Waals surface area contributed by atoms with E-state index in [0.717, 1.165) is 57.4 Å². The molecule has 2 saturated heterocycles. The first kappa shape index (κ1) is 24.4. The van der Waals surface area contributed by atoms with Crippen LogP contribution in [-0.2, 0) is 16.1 Å². The summed E-state index contributed by atoms with van der Waals surface area (Å²) in [5, 5.41) is 0. The van der Waals surface area contributed by atoms with E-state index in [2.05, 4.69) is 13.8 Å². The molecule has 32 heavy (non-hydrogen) atoms. The molecular formula is C26H40N2O4. The van der Waals surface area contributed by atoms with Crippen molar-refractivity contribution in [3.8, 4) is 0 Å². The number of carbonyl (C=O) groups is 2. The zero-order valence-electron chi connectivity index (χ0n) is 20.4. The van der Waals surface area contributed by atoms with Gasteiger partial charge in [-0.3, -0.25) is 0 Å². The fourth-order valence-corrected chi connectivity index (χ4v) is 4.89. The van der Waals surface area contributed by atoms with E-state index in [9.17, 15) is 9.59 Å². The van der Waals surface area contributed by atoms with Crippen LogP contribution in [0.25, 0.3) is 0 Å². The minimum atomic E-state index is -0.464. The summed E-state index contributed by atoms with van der Waals surface area (Å²) >= 11 is 0. The molecular weight excluding hydrogens is 404 g/mol. The lowest BCUT2D eigenvalue weighted by Gasteiger charge is -2.46. The Labute approximate surface area is 193 Å². The Morgan fingerprint density at radius 1 is 0.969 bits per heavy atom. The smallest absolute Gasteiger partial charge is 0.410 e. The summed E-state index contributed by atoms with van der Waals surface area (Å²) < 4.78 is 11.1. The Morgan fingerprint density at radius 3 is 2.19 bits per heavy atom. The number of nitrogens with zero attached hydrogens (tertiary/aromatic N) is 2. The lowest BCUT2D eigenvalue weighted by atomic mass is 9.69. The molecule has 0 radical (unpaired) electrons. The quantitative estimate of drug-likeness (QED) is 0.597. The van der Waals surface area contributed by atoms with Crippen LogP contribution in [0.15, 0.2) is 30.3 Å². The molecule has 3 rings (SSSR count).